The number of benzene rings is 1. The van der Waals surface area contributed by atoms with Crippen molar-refractivity contribution in [1.29, 1.82) is 0 Å². The molecule has 0 atom stereocenters. The first-order chi connectivity index (χ1) is 9.90. The molecule has 22 heavy (non-hydrogen) atoms. The highest BCUT2D eigenvalue weighted by molar-refractivity contribution is 14.1. The summed E-state index contributed by atoms with van der Waals surface area (Å²) in [6.07, 6.45) is 0. The van der Waals surface area contributed by atoms with Crippen molar-refractivity contribution >= 4 is 41.1 Å². The summed E-state index contributed by atoms with van der Waals surface area (Å²) in [5.41, 5.74) is 2.83. The molecule has 0 aliphatic carbocycles. The van der Waals surface area contributed by atoms with E-state index in [9.17, 15) is 9.90 Å². The molecule has 1 N–H and O–H groups in total. The summed E-state index contributed by atoms with van der Waals surface area (Å²) in [6, 6.07) is 0. The molecule has 1 aromatic carbocycles. The van der Waals surface area contributed by atoms with Crippen LogP contribution >= 0.6 is 22.6 Å². The standard InChI is InChI=1S/C16H22BIO4/c1-8-11(14(19)20)9(2)13(18)10(3)12(8)17-21-15(4,5)16(6,7)22-17/h1-7H3,(H,19,20). The summed E-state index contributed by atoms with van der Waals surface area (Å²) in [4.78, 5) is 11.6. The third-order valence-corrected chi connectivity index (χ3v) is 6.54. The Morgan fingerprint density at radius 2 is 1.45 bits per heavy atom. The second kappa shape index (κ2) is 5.49. The molecule has 2 rings (SSSR count). The van der Waals surface area contributed by atoms with E-state index in [1.54, 1.807) is 0 Å². The lowest BCUT2D eigenvalue weighted by molar-refractivity contribution is 0.00578. The van der Waals surface area contributed by atoms with E-state index in [4.69, 9.17) is 9.31 Å². The predicted molar refractivity (Wildman–Crippen MR) is 96.0 cm³/mol. The maximum atomic E-state index is 11.6. The minimum Gasteiger partial charge on any atom is -0.478 e. The van der Waals surface area contributed by atoms with Crippen LogP contribution in [0.3, 0.4) is 0 Å². The van der Waals surface area contributed by atoms with Crippen molar-refractivity contribution < 1.29 is 19.2 Å². The molecule has 0 unspecified atom stereocenters. The molecule has 0 radical (unpaired) electrons. The Bertz CT molecular complexity index is 636. The van der Waals surface area contributed by atoms with Gasteiger partial charge in [0.1, 0.15) is 0 Å². The average molecular weight is 416 g/mol. The van der Waals surface area contributed by atoms with Crippen molar-refractivity contribution in [3.05, 3.63) is 25.8 Å². The Hall–Kier alpha value is -0.595. The van der Waals surface area contributed by atoms with Gasteiger partial charge in [-0.15, -0.1) is 0 Å². The van der Waals surface area contributed by atoms with Gasteiger partial charge in [-0.05, 0) is 93.2 Å². The summed E-state index contributed by atoms with van der Waals surface area (Å²) in [6.45, 7) is 13.7. The third kappa shape index (κ3) is 2.59. The lowest BCUT2D eigenvalue weighted by Crippen LogP contribution is -2.41. The Labute approximate surface area is 145 Å². The lowest BCUT2D eigenvalue weighted by Gasteiger charge is -2.32. The second-order valence-corrected chi connectivity index (χ2v) is 7.95. The van der Waals surface area contributed by atoms with Crippen LogP contribution in [0.4, 0.5) is 0 Å². The first-order valence-electron chi connectivity index (χ1n) is 7.29. The summed E-state index contributed by atoms with van der Waals surface area (Å²) < 4.78 is 13.2. The van der Waals surface area contributed by atoms with Crippen molar-refractivity contribution in [2.75, 3.05) is 0 Å². The van der Waals surface area contributed by atoms with Gasteiger partial charge in [-0.25, -0.2) is 4.79 Å². The Morgan fingerprint density at radius 1 is 1.00 bits per heavy atom. The lowest BCUT2D eigenvalue weighted by atomic mass is 9.71. The molecular weight excluding hydrogens is 394 g/mol. The molecule has 1 aliphatic heterocycles. The molecule has 120 valence electrons. The van der Waals surface area contributed by atoms with Gasteiger partial charge in [-0.1, -0.05) is 0 Å². The number of carbonyl (C=O) groups is 1. The third-order valence-electron chi connectivity index (χ3n) is 4.92. The van der Waals surface area contributed by atoms with E-state index in [2.05, 4.69) is 22.6 Å². The van der Waals surface area contributed by atoms with Crippen LogP contribution in [0.5, 0.6) is 0 Å². The number of carboxylic acid groups (broad SMARTS) is 1. The smallest absolute Gasteiger partial charge is 0.478 e. The van der Waals surface area contributed by atoms with Crippen LogP contribution < -0.4 is 5.46 Å². The number of aromatic carboxylic acids is 1. The van der Waals surface area contributed by atoms with Gasteiger partial charge in [0, 0.05) is 3.57 Å². The summed E-state index contributed by atoms with van der Waals surface area (Å²) >= 11 is 2.20. The van der Waals surface area contributed by atoms with E-state index >= 15 is 0 Å². The number of hydrogen-bond donors (Lipinski definition) is 1. The van der Waals surface area contributed by atoms with Gasteiger partial charge < -0.3 is 14.4 Å². The first kappa shape index (κ1) is 17.8. The molecule has 0 bridgehead atoms. The maximum Gasteiger partial charge on any atom is 0.495 e. The number of halogens is 1. The van der Waals surface area contributed by atoms with Gasteiger partial charge in [0.15, 0.2) is 0 Å². The predicted octanol–water partition coefficient (Wildman–Crippen LogP) is 3.21. The molecular formula is C16H22BIO4. The minimum absolute atomic E-state index is 0.347. The molecule has 0 amide bonds. The Kier molecular flexibility index (Phi) is 4.43. The van der Waals surface area contributed by atoms with Crippen LogP contribution in [0.2, 0.25) is 0 Å². The monoisotopic (exact) mass is 416 g/mol. The van der Waals surface area contributed by atoms with Gasteiger partial charge >= 0.3 is 13.1 Å². The zero-order valence-corrected chi connectivity index (χ0v) is 16.3. The van der Waals surface area contributed by atoms with Gasteiger partial charge in [0.25, 0.3) is 0 Å². The minimum atomic E-state index is -0.911. The Morgan fingerprint density at radius 3 is 1.86 bits per heavy atom. The molecule has 1 fully saturated rings. The maximum absolute atomic E-state index is 11.6. The van der Waals surface area contributed by atoms with Crippen molar-refractivity contribution in [3.8, 4) is 0 Å². The normalized spacial score (nSPS) is 19.5. The van der Waals surface area contributed by atoms with Crippen LogP contribution in [0.1, 0.15) is 54.7 Å². The van der Waals surface area contributed by atoms with Crippen molar-refractivity contribution in [2.45, 2.75) is 59.7 Å². The van der Waals surface area contributed by atoms with E-state index in [0.717, 1.165) is 25.7 Å². The van der Waals surface area contributed by atoms with E-state index in [-0.39, 0.29) is 0 Å². The highest BCUT2D eigenvalue weighted by Gasteiger charge is 2.52. The van der Waals surface area contributed by atoms with Crippen LogP contribution in [0, 0.1) is 24.3 Å². The van der Waals surface area contributed by atoms with Crippen molar-refractivity contribution in [2.24, 2.45) is 0 Å². The van der Waals surface area contributed by atoms with E-state index in [1.165, 1.54) is 0 Å². The van der Waals surface area contributed by atoms with Crippen molar-refractivity contribution in [3.63, 3.8) is 0 Å². The molecule has 1 saturated heterocycles. The Balaban J connectivity index is 2.66. The van der Waals surface area contributed by atoms with Gasteiger partial charge in [-0.2, -0.15) is 0 Å². The second-order valence-electron chi connectivity index (χ2n) is 6.87. The average Bonchev–Trinajstić information content (AvgIpc) is 2.55. The highest BCUT2D eigenvalue weighted by Crippen LogP contribution is 2.37. The molecule has 1 heterocycles. The van der Waals surface area contributed by atoms with Crippen LogP contribution in [0.15, 0.2) is 0 Å². The first-order valence-corrected chi connectivity index (χ1v) is 8.36. The van der Waals surface area contributed by atoms with Gasteiger partial charge in [-0.3, -0.25) is 0 Å². The van der Waals surface area contributed by atoms with Crippen LogP contribution in [-0.2, 0) is 9.31 Å². The highest BCUT2D eigenvalue weighted by atomic mass is 127. The van der Waals surface area contributed by atoms with E-state index < -0.39 is 24.3 Å². The largest absolute Gasteiger partial charge is 0.495 e. The molecule has 1 aromatic rings. The number of rotatable bonds is 2. The molecule has 0 saturated carbocycles. The fraction of sp³-hybridized carbons (Fsp3) is 0.562. The van der Waals surface area contributed by atoms with E-state index in [0.29, 0.717) is 5.56 Å². The fourth-order valence-corrected chi connectivity index (χ4v) is 3.40. The van der Waals surface area contributed by atoms with Crippen molar-refractivity contribution in [1.82, 2.24) is 0 Å². The zero-order chi connectivity index (χ0) is 17.0. The number of carboxylic acids is 1. The fourth-order valence-electron chi connectivity index (χ4n) is 2.84. The summed E-state index contributed by atoms with van der Waals surface area (Å²) in [5, 5.41) is 9.55. The topological polar surface area (TPSA) is 55.8 Å². The number of hydrogen-bond acceptors (Lipinski definition) is 3. The molecule has 4 nitrogen and oxygen atoms in total. The van der Waals surface area contributed by atoms with Crippen LogP contribution in [-0.4, -0.2) is 29.4 Å². The molecule has 6 heteroatoms. The quantitative estimate of drug-likeness (QED) is 0.595. The van der Waals surface area contributed by atoms with Gasteiger partial charge in [0.05, 0.1) is 16.8 Å². The van der Waals surface area contributed by atoms with Gasteiger partial charge in [0.2, 0.25) is 0 Å². The van der Waals surface area contributed by atoms with Crippen LogP contribution in [0.25, 0.3) is 0 Å². The molecule has 0 aromatic heterocycles. The summed E-state index contributed by atoms with van der Waals surface area (Å²) in [7, 11) is -0.544. The van der Waals surface area contributed by atoms with E-state index in [1.807, 2.05) is 48.5 Å². The molecule has 1 aliphatic rings. The summed E-state index contributed by atoms with van der Waals surface area (Å²) in [5.74, 6) is -0.911. The SMILES string of the molecule is Cc1c(I)c(C)c(C(=O)O)c(C)c1B1OC(C)(C)C(C)(C)O1. The molecule has 0 spiro atoms. The zero-order valence-electron chi connectivity index (χ0n) is 14.1.